The number of ether oxygens (including phenoxy) is 1. The van der Waals surface area contributed by atoms with Crippen LogP contribution in [-0.4, -0.2) is 42.2 Å². The molecule has 0 aromatic heterocycles. The molecule has 37 heavy (non-hydrogen) atoms. The highest BCUT2D eigenvalue weighted by Crippen LogP contribution is 2.34. The van der Waals surface area contributed by atoms with Gasteiger partial charge in [0.1, 0.15) is 35.5 Å². The Hall–Kier alpha value is -4.30. The maximum absolute atomic E-state index is 12.5. The lowest BCUT2D eigenvalue weighted by atomic mass is 9.99. The molecule has 8 nitrogen and oxygen atoms in total. The first-order chi connectivity index (χ1) is 17.8. The number of carbonyl (C=O) groups is 2. The Labute approximate surface area is 220 Å². The Kier molecular flexibility index (Phi) is 7.79. The number of anilines is 1. The number of nitrogens with one attached hydrogen (secondary N) is 3. The minimum Gasteiger partial charge on any atom is -0.457 e. The van der Waals surface area contributed by atoms with Crippen molar-refractivity contribution in [1.82, 2.24) is 5.32 Å². The molecule has 4 rings (SSSR count). The van der Waals surface area contributed by atoms with Crippen molar-refractivity contribution < 1.29 is 14.3 Å². The molecule has 1 aliphatic heterocycles. The van der Waals surface area contributed by atoms with Gasteiger partial charge >= 0.3 is 0 Å². The number of fused-ring (bicyclic) bond motifs is 1. The highest BCUT2D eigenvalue weighted by atomic mass is 35.5. The van der Waals surface area contributed by atoms with E-state index in [-0.39, 0.29) is 24.0 Å². The second-order valence-electron chi connectivity index (χ2n) is 8.44. The Balaban J connectivity index is 1.87. The Morgan fingerprint density at radius 2 is 1.86 bits per heavy atom. The van der Waals surface area contributed by atoms with Gasteiger partial charge in [0.25, 0.3) is 0 Å². The summed E-state index contributed by atoms with van der Waals surface area (Å²) in [5.74, 6) is 0.886. The number of amides is 1. The smallest absolute Gasteiger partial charge is 0.222 e. The van der Waals surface area contributed by atoms with Crippen LogP contribution in [0.2, 0.25) is 5.02 Å². The summed E-state index contributed by atoms with van der Waals surface area (Å²) >= 11 is 6.14. The molecule has 0 aliphatic carbocycles. The van der Waals surface area contributed by atoms with Crippen molar-refractivity contribution in [2.24, 2.45) is 4.99 Å². The van der Waals surface area contributed by atoms with Crippen LogP contribution in [0, 0.1) is 10.8 Å². The van der Waals surface area contributed by atoms with Gasteiger partial charge in [-0.2, -0.15) is 0 Å². The molecule has 0 radical (unpaired) electrons. The second kappa shape index (κ2) is 11.2. The third-order valence-electron chi connectivity index (χ3n) is 5.74. The molecule has 0 bridgehead atoms. The predicted molar refractivity (Wildman–Crippen MR) is 146 cm³/mol. The summed E-state index contributed by atoms with van der Waals surface area (Å²) in [5, 5.41) is 20.7. The fourth-order valence-electron chi connectivity index (χ4n) is 4.10. The van der Waals surface area contributed by atoms with E-state index in [2.05, 4.69) is 5.32 Å². The minimum absolute atomic E-state index is 0.0244. The highest BCUT2D eigenvalue weighted by molar-refractivity contribution is 6.31. The van der Waals surface area contributed by atoms with Crippen LogP contribution in [0.5, 0.6) is 11.5 Å². The third-order valence-corrected chi connectivity index (χ3v) is 5.99. The van der Waals surface area contributed by atoms with Crippen LogP contribution in [0.3, 0.4) is 0 Å². The van der Waals surface area contributed by atoms with E-state index < -0.39 is 6.04 Å². The molecule has 3 aromatic carbocycles. The van der Waals surface area contributed by atoms with Crippen molar-refractivity contribution in [3.05, 3.63) is 88.4 Å². The molecule has 1 amide bonds. The van der Waals surface area contributed by atoms with Crippen LogP contribution in [0.25, 0.3) is 0 Å². The zero-order valence-corrected chi connectivity index (χ0v) is 21.2. The highest BCUT2D eigenvalue weighted by Gasteiger charge is 2.32. The first-order valence-electron chi connectivity index (χ1n) is 11.7. The molecule has 0 saturated carbocycles. The Morgan fingerprint density at radius 1 is 1.14 bits per heavy atom. The number of aldehydes is 1. The van der Waals surface area contributed by atoms with Gasteiger partial charge in [0.2, 0.25) is 5.91 Å². The minimum atomic E-state index is -0.821. The molecule has 3 N–H and O–H groups in total. The molecule has 0 unspecified atom stereocenters. The number of benzodiazepines with no additional fused rings is 1. The number of benzene rings is 3. The van der Waals surface area contributed by atoms with Gasteiger partial charge in [-0.15, -0.1) is 0 Å². The topological polar surface area (TPSA) is 119 Å². The van der Waals surface area contributed by atoms with Crippen molar-refractivity contribution in [2.75, 3.05) is 11.4 Å². The van der Waals surface area contributed by atoms with Crippen LogP contribution in [0.4, 0.5) is 5.69 Å². The molecule has 3 aromatic rings. The number of carbonyl (C=O) groups excluding carboxylic acids is 2. The first kappa shape index (κ1) is 25.8. The lowest BCUT2D eigenvalue weighted by Crippen LogP contribution is -2.42. The monoisotopic (exact) mass is 515 g/mol. The zero-order chi connectivity index (χ0) is 26.5. The molecule has 1 atom stereocenters. The number of halogens is 1. The van der Waals surface area contributed by atoms with Crippen molar-refractivity contribution in [3.63, 3.8) is 0 Å². The SMILES string of the molecule is CCNC(=O)C[C@@H]1N=C(c2ccc(Cl)cc2)c2cc(Oc3cccc(C=O)c3)ccc2N(C(C)=N)C1=N. The molecule has 0 spiro atoms. The van der Waals surface area contributed by atoms with Crippen LogP contribution < -0.4 is 15.0 Å². The predicted octanol–water partition coefficient (Wildman–Crippen LogP) is 5.47. The maximum atomic E-state index is 12.5. The van der Waals surface area contributed by atoms with Crippen LogP contribution in [0.15, 0.2) is 71.7 Å². The quantitative estimate of drug-likeness (QED) is 0.219. The normalized spacial score (nSPS) is 14.8. The van der Waals surface area contributed by atoms with E-state index in [1.165, 1.54) is 4.90 Å². The van der Waals surface area contributed by atoms with Gasteiger partial charge < -0.3 is 10.1 Å². The maximum Gasteiger partial charge on any atom is 0.222 e. The summed E-state index contributed by atoms with van der Waals surface area (Å²) < 4.78 is 6.05. The number of hydrogen-bond acceptors (Lipinski definition) is 6. The third kappa shape index (κ3) is 5.76. The van der Waals surface area contributed by atoms with Gasteiger partial charge in [-0.1, -0.05) is 35.9 Å². The molecular weight excluding hydrogens is 490 g/mol. The standard InChI is InChI=1S/C28H26ClN5O3/c1-3-32-26(36)15-24-28(31)34(17(2)30)25-12-11-22(37-21-6-4-5-18(13-21)16-35)14-23(25)27(33-24)19-7-9-20(29)10-8-19/h4-14,16,24,30-31H,3,15H2,1-2H3,(H,32,36)/t24-/m0/s1. The van der Waals surface area contributed by atoms with Crippen molar-refractivity contribution in [1.29, 1.82) is 10.8 Å². The number of rotatable bonds is 7. The van der Waals surface area contributed by atoms with E-state index in [0.717, 1.165) is 11.8 Å². The van der Waals surface area contributed by atoms with Crippen molar-refractivity contribution >= 4 is 46.9 Å². The summed E-state index contributed by atoms with van der Waals surface area (Å²) in [6, 6.07) is 18.4. The molecule has 0 saturated heterocycles. The Morgan fingerprint density at radius 3 is 2.54 bits per heavy atom. The summed E-state index contributed by atoms with van der Waals surface area (Å²) in [5.41, 5.74) is 2.97. The molecule has 1 heterocycles. The Bertz CT molecular complexity index is 1400. The van der Waals surface area contributed by atoms with Crippen molar-refractivity contribution in [3.8, 4) is 11.5 Å². The average molecular weight is 516 g/mol. The molecule has 1 aliphatic rings. The van der Waals surface area contributed by atoms with Crippen molar-refractivity contribution in [2.45, 2.75) is 26.3 Å². The van der Waals surface area contributed by atoms with E-state index >= 15 is 0 Å². The van der Waals surface area contributed by atoms with Gasteiger partial charge in [-0.3, -0.25) is 30.3 Å². The number of amidine groups is 2. The van der Waals surface area contributed by atoms with E-state index in [1.54, 1.807) is 61.5 Å². The lowest BCUT2D eigenvalue weighted by molar-refractivity contribution is -0.121. The molecule has 9 heteroatoms. The van der Waals surface area contributed by atoms with E-state index in [4.69, 9.17) is 32.1 Å². The van der Waals surface area contributed by atoms with E-state index in [0.29, 0.717) is 45.6 Å². The first-order valence-corrected chi connectivity index (χ1v) is 12.1. The van der Waals surface area contributed by atoms with Crippen LogP contribution in [0.1, 0.15) is 41.8 Å². The van der Waals surface area contributed by atoms with Gasteiger partial charge in [0.15, 0.2) is 0 Å². The van der Waals surface area contributed by atoms with Gasteiger partial charge in [0, 0.05) is 28.3 Å². The molecule has 0 fully saturated rings. The van der Waals surface area contributed by atoms with E-state index in [1.807, 2.05) is 19.1 Å². The van der Waals surface area contributed by atoms with Gasteiger partial charge in [0.05, 0.1) is 17.8 Å². The number of aliphatic imine (C=N–C) groups is 1. The van der Waals surface area contributed by atoms with Gasteiger partial charge in [-0.05, 0) is 56.3 Å². The molecular formula is C28H26ClN5O3. The van der Waals surface area contributed by atoms with Gasteiger partial charge in [-0.25, -0.2) is 0 Å². The summed E-state index contributed by atoms with van der Waals surface area (Å²) in [6.07, 6.45) is 0.712. The lowest BCUT2D eigenvalue weighted by Gasteiger charge is -2.26. The summed E-state index contributed by atoms with van der Waals surface area (Å²) in [7, 11) is 0. The fourth-order valence-corrected chi connectivity index (χ4v) is 4.23. The largest absolute Gasteiger partial charge is 0.457 e. The summed E-state index contributed by atoms with van der Waals surface area (Å²) in [4.78, 5) is 30.1. The van der Waals surface area contributed by atoms with Crippen LogP contribution >= 0.6 is 11.6 Å². The second-order valence-corrected chi connectivity index (χ2v) is 8.87. The van der Waals surface area contributed by atoms with E-state index in [9.17, 15) is 9.59 Å². The number of nitrogens with zero attached hydrogens (tertiary/aromatic N) is 2. The zero-order valence-electron chi connectivity index (χ0n) is 20.4. The average Bonchev–Trinajstić information content (AvgIpc) is 2.99. The fraction of sp³-hybridized carbons (Fsp3) is 0.179. The number of hydrogen-bond donors (Lipinski definition) is 3. The summed E-state index contributed by atoms with van der Waals surface area (Å²) in [6.45, 7) is 3.88. The molecule has 188 valence electrons. The van der Waals surface area contributed by atoms with Crippen LogP contribution in [-0.2, 0) is 4.79 Å².